The van der Waals surface area contributed by atoms with Crippen molar-refractivity contribution < 1.29 is 21.6 Å². The van der Waals surface area contributed by atoms with E-state index in [1.807, 2.05) is 0 Å². The average Bonchev–Trinajstić information content (AvgIpc) is 2.50. The van der Waals surface area contributed by atoms with Crippen molar-refractivity contribution in [1.82, 2.24) is 9.78 Å². The minimum Gasteiger partial charge on any atom is -0.302 e. The molecular weight excluding hydrogens is 361 g/mol. The standard InChI is InChI=1S/C15H13F3N2O4S/c1-20-14(22)12(21)10(7-19-20)8-4-5-11(15(16,17)18)9-3-2-6-25(23,24)13(8)9/h4-5,7,19H,2-3,6H2,1H3. The van der Waals surface area contributed by atoms with Crippen molar-refractivity contribution in [2.24, 2.45) is 7.05 Å². The van der Waals surface area contributed by atoms with Crippen molar-refractivity contribution in [3.8, 4) is 11.1 Å². The number of nitrogens with zero attached hydrogens (tertiary/aromatic N) is 1. The molecule has 6 nitrogen and oxygen atoms in total. The molecule has 25 heavy (non-hydrogen) atoms. The van der Waals surface area contributed by atoms with Gasteiger partial charge in [0.05, 0.1) is 21.8 Å². The number of halogens is 3. The van der Waals surface area contributed by atoms with Crippen LogP contribution in [0, 0.1) is 0 Å². The maximum absolute atomic E-state index is 13.2. The summed E-state index contributed by atoms with van der Waals surface area (Å²) in [4.78, 5) is 23.5. The van der Waals surface area contributed by atoms with Crippen LogP contribution in [0.4, 0.5) is 13.2 Å². The van der Waals surface area contributed by atoms with E-state index in [9.17, 15) is 31.2 Å². The first-order chi connectivity index (χ1) is 11.5. The van der Waals surface area contributed by atoms with Gasteiger partial charge < -0.3 is 5.10 Å². The zero-order valence-electron chi connectivity index (χ0n) is 13.0. The molecule has 1 aliphatic rings. The lowest BCUT2D eigenvalue weighted by atomic mass is 9.96. The van der Waals surface area contributed by atoms with E-state index in [0.717, 1.165) is 23.0 Å². The third-order valence-corrected chi connectivity index (χ3v) is 6.07. The van der Waals surface area contributed by atoms with Crippen LogP contribution in [-0.2, 0) is 29.5 Å². The van der Waals surface area contributed by atoms with Crippen molar-refractivity contribution in [2.75, 3.05) is 5.75 Å². The van der Waals surface area contributed by atoms with Crippen molar-refractivity contribution in [3.63, 3.8) is 0 Å². The molecule has 0 saturated heterocycles. The van der Waals surface area contributed by atoms with Gasteiger partial charge >= 0.3 is 11.7 Å². The molecule has 0 spiro atoms. The first kappa shape index (κ1) is 17.5. The van der Waals surface area contributed by atoms with Gasteiger partial charge in [0.2, 0.25) is 0 Å². The summed E-state index contributed by atoms with van der Waals surface area (Å²) in [5.74, 6) is -0.308. The molecule has 0 saturated carbocycles. The molecular formula is C15H13F3N2O4S. The second kappa shape index (κ2) is 5.58. The Labute approximate surface area is 139 Å². The summed E-state index contributed by atoms with van der Waals surface area (Å²) in [5.41, 5.74) is -3.74. The molecule has 0 bridgehead atoms. The van der Waals surface area contributed by atoms with Crippen molar-refractivity contribution in [3.05, 3.63) is 50.0 Å². The Morgan fingerprint density at radius 3 is 2.48 bits per heavy atom. The number of fused-ring (bicyclic) bond motifs is 1. The van der Waals surface area contributed by atoms with Gasteiger partial charge in [-0.3, -0.25) is 14.3 Å². The van der Waals surface area contributed by atoms with E-state index >= 15 is 0 Å². The predicted molar refractivity (Wildman–Crippen MR) is 83.1 cm³/mol. The minimum absolute atomic E-state index is 0.0643. The van der Waals surface area contributed by atoms with Crippen LogP contribution >= 0.6 is 0 Å². The first-order valence-electron chi connectivity index (χ1n) is 7.29. The van der Waals surface area contributed by atoms with Crippen LogP contribution in [0.2, 0.25) is 0 Å². The molecule has 0 radical (unpaired) electrons. The number of H-pyrrole nitrogens is 1. The quantitative estimate of drug-likeness (QED) is 0.766. The minimum atomic E-state index is -4.71. The fraction of sp³-hybridized carbons (Fsp3) is 0.333. The van der Waals surface area contributed by atoms with Crippen LogP contribution in [0.3, 0.4) is 0 Å². The molecule has 134 valence electrons. The Bertz CT molecular complexity index is 1080. The summed E-state index contributed by atoms with van der Waals surface area (Å²) >= 11 is 0. The number of hydrogen-bond acceptors (Lipinski definition) is 4. The molecule has 2 heterocycles. The highest BCUT2D eigenvalue weighted by molar-refractivity contribution is 7.91. The van der Waals surface area contributed by atoms with Crippen LogP contribution in [0.1, 0.15) is 17.5 Å². The zero-order chi connectivity index (χ0) is 18.6. The summed E-state index contributed by atoms with van der Waals surface area (Å²) in [7, 11) is -2.71. The fourth-order valence-electron chi connectivity index (χ4n) is 3.00. The first-order valence-corrected chi connectivity index (χ1v) is 8.94. The molecule has 3 rings (SSSR count). The molecule has 2 aromatic rings. The smallest absolute Gasteiger partial charge is 0.302 e. The number of sulfone groups is 1. The lowest BCUT2D eigenvalue weighted by Crippen LogP contribution is -2.35. The Hall–Kier alpha value is -2.36. The van der Waals surface area contributed by atoms with E-state index in [-0.39, 0.29) is 35.3 Å². The monoisotopic (exact) mass is 374 g/mol. The van der Waals surface area contributed by atoms with Gasteiger partial charge in [-0.15, -0.1) is 0 Å². The fourth-order valence-corrected chi connectivity index (χ4v) is 4.83. The van der Waals surface area contributed by atoms with E-state index in [4.69, 9.17) is 0 Å². The second-order valence-electron chi connectivity index (χ2n) is 5.77. The summed E-state index contributed by atoms with van der Waals surface area (Å²) in [5, 5.41) is 2.47. The van der Waals surface area contributed by atoms with Gasteiger partial charge in [0.1, 0.15) is 0 Å². The van der Waals surface area contributed by atoms with E-state index in [1.165, 1.54) is 7.05 Å². The van der Waals surface area contributed by atoms with Crippen LogP contribution in [0.5, 0.6) is 0 Å². The lowest BCUT2D eigenvalue weighted by molar-refractivity contribution is -0.138. The Balaban J connectivity index is 2.44. The Kier molecular flexibility index (Phi) is 3.90. The van der Waals surface area contributed by atoms with Crippen LogP contribution < -0.4 is 11.0 Å². The Morgan fingerprint density at radius 2 is 1.84 bits per heavy atom. The van der Waals surface area contributed by atoms with Crippen molar-refractivity contribution >= 4 is 9.84 Å². The van der Waals surface area contributed by atoms with Gasteiger partial charge in [-0.1, -0.05) is 6.07 Å². The molecule has 1 aliphatic heterocycles. The van der Waals surface area contributed by atoms with Gasteiger partial charge in [-0.25, -0.2) is 8.42 Å². The molecule has 1 N–H and O–H groups in total. The third-order valence-electron chi connectivity index (χ3n) is 4.15. The highest BCUT2D eigenvalue weighted by Crippen LogP contribution is 2.41. The summed E-state index contributed by atoms with van der Waals surface area (Å²) in [6.45, 7) is 0. The second-order valence-corrected chi connectivity index (χ2v) is 7.81. The van der Waals surface area contributed by atoms with Crippen LogP contribution in [-0.4, -0.2) is 24.0 Å². The molecule has 1 aromatic heterocycles. The van der Waals surface area contributed by atoms with Crippen molar-refractivity contribution in [1.29, 1.82) is 0 Å². The molecule has 0 atom stereocenters. The average molecular weight is 374 g/mol. The highest BCUT2D eigenvalue weighted by Gasteiger charge is 2.39. The van der Waals surface area contributed by atoms with Gasteiger partial charge in [0.25, 0.3) is 5.43 Å². The van der Waals surface area contributed by atoms with E-state index < -0.39 is 37.5 Å². The molecule has 0 fully saturated rings. The summed E-state index contributed by atoms with van der Waals surface area (Å²) in [6.07, 6.45) is -3.60. The lowest BCUT2D eigenvalue weighted by Gasteiger charge is -2.23. The number of alkyl halides is 3. The predicted octanol–water partition coefficient (Wildman–Crippen LogP) is 1.48. The molecule has 1 aromatic carbocycles. The molecule has 0 unspecified atom stereocenters. The van der Waals surface area contributed by atoms with Crippen LogP contribution in [0.25, 0.3) is 11.1 Å². The maximum Gasteiger partial charge on any atom is 0.416 e. The number of hydrogen-bond donors (Lipinski definition) is 1. The van der Waals surface area contributed by atoms with E-state index in [0.29, 0.717) is 0 Å². The van der Waals surface area contributed by atoms with Crippen molar-refractivity contribution in [2.45, 2.75) is 23.9 Å². The van der Waals surface area contributed by atoms with E-state index in [2.05, 4.69) is 5.10 Å². The van der Waals surface area contributed by atoms with Gasteiger partial charge in [-0.2, -0.15) is 13.2 Å². The maximum atomic E-state index is 13.2. The Morgan fingerprint density at radius 1 is 1.16 bits per heavy atom. The normalized spacial score (nSPS) is 16.5. The topological polar surface area (TPSA) is 89.0 Å². The summed E-state index contributed by atoms with van der Waals surface area (Å²) < 4.78 is 65.5. The number of rotatable bonds is 1. The highest BCUT2D eigenvalue weighted by atomic mass is 32.2. The van der Waals surface area contributed by atoms with Gasteiger partial charge in [0.15, 0.2) is 9.84 Å². The molecule has 0 aliphatic carbocycles. The van der Waals surface area contributed by atoms with E-state index in [1.54, 1.807) is 0 Å². The van der Waals surface area contributed by atoms with Gasteiger partial charge in [0, 0.05) is 18.8 Å². The third kappa shape index (κ3) is 2.80. The number of nitrogens with one attached hydrogen (secondary N) is 1. The number of aryl methyl sites for hydroxylation is 1. The SMILES string of the molecule is Cn1[nH]cc(-c2ccc(C(F)(F)F)c3c2S(=O)(=O)CCC3)c(=O)c1=O. The number of aromatic nitrogens is 2. The zero-order valence-corrected chi connectivity index (χ0v) is 13.8. The van der Waals surface area contributed by atoms with Crippen LogP contribution in [0.15, 0.2) is 32.8 Å². The van der Waals surface area contributed by atoms with Gasteiger partial charge in [-0.05, 0) is 24.5 Å². The number of benzene rings is 1. The molecule has 10 heteroatoms. The molecule has 0 amide bonds. The number of aromatic amines is 1. The largest absolute Gasteiger partial charge is 0.416 e. The summed E-state index contributed by atoms with van der Waals surface area (Å²) in [6, 6.07) is 1.69.